The molecular formula is C21H23NO4. The van der Waals surface area contributed by atoms with Gasteiger partial charge in [0.1, 0.15) is 11.5 Å². The molecule has 2 aromatic carbocycles. The third-order valence-corrected chi connectivity index (χ3v) is 6.14. The quantitative estimate of drug-likeness (QED) is 0.773. The van der Waals surface area contributed by atoms with Crippen LogP contribution in [0.25, 0.3) is 10.8 Å². The Morgan fingerprint density at radius 2 is 2.00 bits per heavy atom. The van der Waals surface area contributed by atoms with Gasteiger partial charge in [-0.2, -0.15) is 0 Å². The fraction of sp³-hybridized carbons (Fsp3) is 0.429. The first-order valence-electron chi connectivity index (χ1n) is 8.88. The second-order valence-electron chi connectivity index (χ2n) is 7.55. The molecule has 1 heterocycles. The van der Waals surface area contributed by atoms with Crippen molar-refractivity contribution in [2.45, 2.75) is 25.7 Å². The summed E-state index contributed by atoms with van der Waals surface area (Å²) in [5, 5.41) is 1.81. The van der Waals surface area contributed by atoms with Crippen molar-refractivity contribution >= 4 is 28.2 Å². The van der Waals surface area contributed by atoms with E-state index >= 15 is 0 Å². The summed E-state index contributed by atoms with van der Waals surface area (Å²) in [6.45, 7) is 2.75. The number of nitrogens with zero attached hydrogens (tertiary/aromatic N) is 1. The Bertz CT molecular complexity index is 935. The first kappa shape index (κ1) is 16.9. The number of hydrogen-bond acceptors (Lipinski definition) is 5. The lowest BCUT2D eigenvalue weighted by Gasteiger charge is -2.43. The summed E-state index contributed by atoms with van der Waals surface area (Å²) in [6.07, 6.45) is 1.43. The standard InChI is InChI=1S/C21H23NO4/c1-21-11-22(2)19-13-6-5-12(25-3)9-14(13)15(20(24)26-4)10-16(19)17(21)7-8-18(21)23/h5-6,9-10,17H,7-8,11H2,1-4H3. The lowest BCUT2D eigenvalue weighted by molar-refractivity contribution is -0.125. The van der Waals surface area contributed by atoms with Crippen LogP contribution in [0, 0.1) is 5.41 Å². The highest BCUT2D eigenvalue weighted by Gasteiger charge is 2.51. The highest BCUT2D eigenvalue weighted by molar-refractivity contribution is 6.10. The number of benzene rings is 2. The van der Waals surface area contributed by atoms with Gasteiger partial charge in [-0.1, -0.05) is 6.92 Å². The van der Waals surface area contributed by atoms with Crippen LogP contribution < -0.4 is 9.64 Å². The van der Waals surface area contributed by atoms with Crippen molar-refractivity contribution < 1.29 is 19.1 Å². The number of rotatable bonds is 2. The third-order valence-electron chi connectivity index (χ3n) is 6.14. The number of anilines is 1. The highest BCUT2D eigenvalue weighted by Crippen LogP contribution is 2.55. The number of Topliss-reactive ketones (excluding diaryl/α,β-unsaturated/α-hetero) is 1. The fourth-order valence-corrected chi connectivity index (χ4v) is 4.85. The van der Waals surface area contributed by atoms with Gasteiger partial charge in [-0.3, -0.25) is 4.79 Å². The smallest absolute Gasteiger partial charge is 0.338 e. The molecule has 0 spiro atoms. The largest absolute Gasteiger partial charge is 0.497 e. The van der Waals surface area contributed by atoms with Crippen LogP contribution >= 0.6 is 0 Å². The van der Waals surface area contributed by atoms with Crippen molar-refractivity contribution in [3.8, 4) is 5.75 Å². The van der Waals surface area contributed by atoms with Crippen molar-refractivity contribution in [3.63, 3.8) is 0 Å². The van der Waals surface area contributed by atoms with E-state index in [0.29, 0.717) is 30.1 Å². The monoisotopic (exact) mass is 353 g/mol. The number of methoxy groups -OCH3 is 2. The van der Waals surface area contributed by atoms with Crippen LogP contribution in [0.5, 0.6) is 5.75 Å². The van der Waals surface area contributed by atoms with Gasteiger partial charge in [0.25, 0.3) is 0 Å². The van der Waals surface area contributed by atoms with Gasteiger partial charge in [0.05, 0.1) is 25.2 Å². The van der Waals surface area contributed by atoms with E-state index < -0.39 is 5.41 Å². The maximum Gasteiger partial charge on any atom is 0.338 e. The minimum Gasteiger partial charge on any atom is -0.497 e. The van der Waals surface area contributed by atoms with Crippen molar-refractivity contribution in [1.29, 1.82) is 0 Å². The number of esters is 1. The number of carbonyl (C=O) groups is 2. The SMILES string of the molecule is COC(=O)c1cc2c(c3ccc(OC)cc13)N(C)CC1(C)C(=O)CCC21. The van der Waals surface area contributed by atoms with E-state index in [2.05, 4.69) is 11.8 Å². The average Bonchev–Trinajstić information content (AvgIpc) is 2.94. The van der Waals surface area contributed by atoms with Crippen LogP contribution in [0.15, 0.2) is 24.3 Å². The predicted octanol–water partition coefficient (Wildman–Crippen LogP) is 3.54. The van der Waals surface area contributed by atoms with Gasteiger partial charge in [0, 0.05) is 42.4 Å². The summed E-state index contributed by atoms with van der Waals surface area (Å²) in [5.41, 5.74) is 2.31. The number of fused-ring (bicyclic) bond motifs is 5. The van der Waals surface area contributed by atoms with Gasteiger partial charge in [-0.15, -0.1) is 0 Å². The Kier molecular flexibility index (Phi) is 3.72. The van der Waals surface area contributed by atoms with Gasteiger partial charge in [-0.05, 0) is 36.2 Å². The summed E-state index contributed by atoms with van der Waals surface area (Å²) in [4.78, 5) is 27.2. The zero-order chi connectivity index (χ0) is 18.6. The van der Waals surface area contributed by atoms with Gasteiger partial charge in [-0.25, -0.2) is 4.79 Å². The van der Waals surface area contributed by atoms with Crippen molar-refractivity contribution in [1.82, 2.24) is 0 Å². The normalized spacial score (nSPS) is 24.4. The zero-order valence-corrected chi connectivity index (χ0v) is 15.6. The van der Waals surface area contributed by atoms with E-state index in [-0.39, 0.29) is 11.9 Å². The molecule has 2 unspecified atom stereocenters. The first-order valence-corrected chi connectivity index (χ1v) is 8.88. The van der Waals surface area contributed by atoms with E-state index in [1.165, 1.54) is 7.11 Å². The molecule has 0 bridgehead atoms. The molecule has 2 atom stereocenters. The molecule has 0 amide bonds. The van der Waals surface area contributed by atoms with Gasteiger partial charge < -0.3 is 14.4 Å². The molecule has 2 aliphatic rings. The molecular weight excluding hydrogens is 330 g/mol. The van der Waals surface area contributed by atoms with Gasteiger partial charge in [0.15, 0.2) is 0 Å². The van der Waals surface area contributed by atoms with E-state index in [9.17, 15) is 9.59 Å². The average molecular weight is 353 g/mol. The predicted molar refractivity (Wildman–Crippen MR) is 100 cm³/mol. The second-order valence-corrected chi connectivity index (χ2v) is 7.55. The van der Waals surface area contributed by atoms with Crippen molar-refractivity contribution in [2.24, 2.45) is 5.41 Å². The van der Waals surface area contributed by atoms with Gasteiger partial charge >= 0.3 is 5.97 Å². The van der Waals surface area contributed by atoms with Gasteiger partial charge in [0.2, 0.25) is 0 Å². The number of carbonyl (C=O) groups excluding carboxylic acids is 2. The fourth-order valence-electron chi connectivity index (χ4n) is 4.85. The summed E-state index contributed by atoms with van der Waals surface area (Å²) in [7, 11) is 5.02. The molecule has 0 radical (unpaired) electrons. The maximum atomic E-state index is 12.6. The molecule has 1 aliphatic heterocycles. The Labute approximate surface area is 152 Å². The van der Waals surface area contributed by atoms with Crippen LogP contribution in [-0.4, -0.2) is 39.6 Å². The van der Waals surface area contributed by atoms with Crippen LogP contribution in [-0.2, 0) is 9.53 Å². The summed E-state index contributed by atoms with van der Waals surface area (Å²) >= 11 is 0. The molecule has 0 saturated heterocycles. The summed E-state index contributed by atoms with van der Waals surface area (Å²) in [5.74, 6) is 0.776. The molecule has 1 fully saturated rings. The number of hydrogen-bond donors (Lipinski definition) is 0. The molecule has 0 N–H and O–H groups in total. The maximum absolute atomic E-state index is 12.6. The topological polar surface area (TPSA) is 55.8 Å². The third kappa shape index (κ3) is 2.16. The van der Waals surface area contributed by atoms with Crippen LogP contribution in [0.3, 0.4) is 0 Å². The van der Waals surface area contributed by atoms with E-state index in [1.807, 2.05) is 31.3 Å². The molecule has 5 heteroatoms. The van der Waals surface area contributed by atoms with E-state index in [4.69, 9.17) is 9.47 Å². The first-order chi connectivity index (χ1) is 12.4. The molecule has 0 aromatic heterocycles. The second kappa shape index (κ2) is 5.73. The molecule has 5 nitrogen and oxygen atoms in total. The summed E-state index contributed by atoms with van der Waals surface area (Å²) < 4.78 is 10.4. The Balaban J connectivity index is 2.05. The minimum atomic E-state index is -0.394. The number of ketones is 1. The minimum absolute atomic E-state index is 0.135. The molecule has 1 saturated carbocycles. The van der Waals surface area contributed by atoms with Crippen molar-refractivity contribution in [2.75, 3.05) is 32.7 Å². The Morgan fingerprint density at radius 1 is 1.23 bits per heavy atom. The Hall–Kier alpha value is -2.56. The number of ether oxygens (including phenoxy) is 2. The molecule has 4 rings (SSSR count). The van der Waals surface area contributed by atoms with Crippen LogP contribution in [0.1, 0.15) is 41.6 Å². The molecule has 2 aromatic rings. The highest BCUT2D eigenvalue weighted by atomic mass is 16.5. The molecule has 136 valence electrons. The molecule has 1 aliphatic carbocycles. The lowest BCUT2D eigenvalue weighted by Crippen LogP contribution is -2.44. The van der Waals surface area contributed by atoms with E-state index in [0.717, 1.165) is 28.4 Å². The van der Waals surface area contributed by atoms with Crippen molar-refractivity contribution in [3.05, 3.63) is 35.4 Å². The zero-order valence-electron chi connectivity index (χ0n) is 15.6. The van der Waals surface area contributed by atoms with Crippen LogP contribution in [0.4, 0.5) is 5.69 Å². The lowest BCUT2D eigenvalue weighted by atomic mass is 9.71. The Morgan fingerprint density at radius 3 is 2.69 bits per heavy atom. The summed E-state index contributed by atoms with van der Waals surface area (Å²) in [6, 6.07) is 7.71. The van der Waals surface area contributed by atoms with E-state index in [1.54, 1.807) is 7.11 Å². The molecule has 26 heavy (non-hydrogen) atoms. The van der Waals surface area contributed by atoms with Crippen LogP contribution in [0.2, 0.25) is 0 Å².